The molecule has 0 amide bonds. The smallest absolute Gasteiger partial charge is 0.145 e. The van der Waals surface area contributed by atoms with Gasteiger partial charge in [-0.25, -0.2) is 0 Å². The van der Waals surface area contributed by atoms with Gasteiger partial charge in [0.2, 0.25) is 0 Å². The highest BCUT2D eigenvalue weighted by Crippen LogP contribution is 2.49. The van der Waals surface area contributed by atoms with Crippen LogP contribution in [-0.4, -0.2) is 0 Å². The quantitative estimate of drug-likeness (QED) is 0.122. The summed E-state index contributed by atoms with van der Waals surface area (Å²) in [6, 6.07) is 81.1. The summed E-state index contributed by atoms with van der Waals surface area (Å²) in [7, 11) is 0. The number of rotatable bonds is 12. The molecule has 0 saturated heterocycles. The zero-order valence-electron chi connectivity index (χ0n) is 32.5. The van der Waals surface area contributed by atoms with E-state index in [0.29, 0.717) is 16.5 Å². The van der Waals surface area contributed by atoms with Gasteiger partial charge in [0, 0.05) is 62.5 Å². The first-order valence-corrected chi connectivity index (χ1v) is 20.9. The fourth-order valence-corrected chi connectivity index (χ4v) is 8.20. The lowest BCUT2D eigenvalue weighted by Crippen LogP contribution is -2.14. The first kappa shape index (κ1) is 38.5. The molecular formula is C54H39BrClN3O. The Balaban J connectivity index is 1.18. The number of hydrogen-bond acceptors (Lipinski definition) is 4. The molecule has 0 saturated carbocycles. The van der Waals surface area contributed by atoms with E-state index < -0.39 is 0 Å². The van der Waals surface area contributed by atoms with Crippen molar-refractivity contribution in [2.24, 2.45) is 0 Å². The Kier molecular flexibility index (Phi) is 11.4. The highest BCUT2D eigenvalue weighted by molar-refractivity contribution is 9.10. The van der Waals surface area contributed by atoms with Gasteiger partial charge in [-0.1, -0.05) is 145 Å². The summed E-state index contributed by atoms with van der Waals surface area (Å²) in [6.07, 6.45) is 0. The molecule has 0 bridgehead atoms. The van der Waals surface area contributed by atoms with Gasteiger partial charge in [0.05, 0.1) is 15.8 Å². The maximum atomic E-state index is 7.10. The minimum atomic E-state index is 0.531. The monoisotopic (exact) mass is 859 g/mol. The van der Waals surface area contributed by atoms with Crippen LogP contribution in [0.25, 0.3) is 11.1 Å². The molecule has 0 radical (unpaired) electrons. The van der Waals surface area contributed by atoms with E-state index in [1.54, 1.807) is 0 Å². The maximum Gasteiger partial charge on any atom is 0.145 e. The Bertz CT molecular complexity index is 2750. The predicted molar refractivity (Wildman–Crippen MR) is 255 cm³/mol. The van der Waals surface area contributed by atoms with Crippen molar-refractivity contribution in [1.82, 2.24) is 0 Å². The van der Waals surface area contributed by atoms with Crippen molar-refractivity contribution in [1.29, 1.82) is 0 Å². The van der Waals surface area contributed by atoms with Crippen LogP contribution >= 0.6 is 27.5 Å². The maximum absolute atomic E-state index is 7.10. The number of hydrogen-bond donors (Lipinski definition) is 0. The van der Waals surface area contributed by atoms with Crippen LogP contribution in [0.4, 0.5) is 51.2 Å². The highest BCUT2D eigenvalue weighted by Gasteiger charge is 2.24. The lowest BCUT2D eigenvalue weighted by atomic mass is 10.0. The lowest BCUT2D eigenvalue weighted by molar-refractivity contribution is 0.480. The zero-order valence-corrected chi connectivity index (χ0v) is 34.9. The first-order chi connectivity index (χ1) is 29.6. The molecule has 9 rings (SSSR count). The SMILES string of the molecule is Clc1cc(Oc2cccc(N(c3ccccc3)c3ccccc3)c2)c(Br)c(N(c2cccc(N(c3ccccc3)c3ccccc3)c2)c2ccccc2-c2ccccc2)c1. The fourth-order valence-electron chi connectivity index (χ4n) is 7.51. The van der Waals surface area contributed by atoms with E-state index >= 15 is 0 Å². The highest BCUT2D eigenvalue weighted by atomic mass is 79.9. The Morgan fingerprint density at radius 2 is 0.767 bits per heavy atom. The third kappa shape index (κ3) is 8.27. The van der Waals surface area contributed by atoms with E-state index in [0.717, 1.165) is 66.8 Å². The van der Waals surface area contributed by atoms with Crippen molar-refractivity contribution in [3.8, 4) is 22.6 Å². The molecular weight excluding hydrogens is 822 g/mol. The molecule has 9 aromatic rings. The largest absolute Gasteiger partial charge is 0.456 e. The Labute approximate surface area is 364 Å². The van der Waals surface area contributed by atoms with E-state index in [1.165, 1.54) is 0 Å². The van der Waals surface area contributed by atoms with Crippen LogP contribution in [0.1, 0.15) is 0 Å². The summed E-state index contributed by atoms with van der Waals surface area (Å²) in [5.41, 5.74) is 11.0. The number of halogens is 2. The van der Waals surface area contributed by atoms with Crippen LogP contribution in [0.3, 0.4) is 0 Å². The Morgan fingerprint density at radius 1 is 0.350 bits per heavy atom. The molecule has 0 fully saturated rings. The molecule has 0 unspecified atom stereocenters. The number of ether oxygens (including phenoxy) is 1. The number of nitrogens with zero attached hydrogens (tertiary/aromatic N) is 3. The van der Waals surface area contributed by atoms with Gasteiger partial charge in [-0.2, -0.15) is 0 Å². The van der Waals surface area contributed by atoms with E-state index in [-0.39, 0.29) is 0 Å². The van der Waals surface area contributed by atoms with Crippen LogP contribution in [0.5, 0.6) is 11.5 Å². The standard InChI is InChI=1S/C54H39BrClN3O/c55-54-52(36-41(56)37-53(54)60-49-33-19-32-48(39-49)58(44-26-12-4-13-27-44)45-28-14-5-15-29-45)59(51-35-17-16-34-50(51)40-20-6-1-7-21-40)47-31-18-30-46(38-47)57(42-22-8-2-9-23-42)43-24-10-3-11-25-43/h1-39H. The number of anilines is 9. The summed E-state index contributed by atoms with van der Waals surface area (Å²) in [5.74, 6) is 1.24. The molecule has 0 atom stereocenters. The zero-order chi connectivity index (χ0) is 40.7. The topological polar surface area (TPSA) is 19.0 Å². The van der Waals surface area contributed by atoms with E-state index in [4.69, 9.17) is 16.3 Å². The van der Waals surface area contributed by atoms with Gasteiger partial charge in [0.25, 0.3) is 0 Å². The molecule has 290 valence electrons. The normalized spacial score (nSPS) is 10.8. The van der Waals surface area contributed by atoms with Gasteiger partial charge in [0.15, 0.2) is 0 Å². The van der Waals surface area contributed by atoms with Crippen molar-refractivity contribution in [2.75, 3.05) is 14.7 Å². The second-order valence-corrected chi connectivity index (χ2v) is 15.3. The van der Waals surface area contributed by atoms with Gasteiger partial charge in [-0.05, 0) is 112 Å². The van der Waals surface area contributed by atoms with Crippen LogP contribution in [0.2, 0.25) is 5.02 Å². The third-order valence-corrected chi connectivity index (χ3v) is 11.2. The van der Waals surface area contributed by atoms with E-state index in [9.17, 15) is 0 Å². The summed E-state index contributed by atoms with van der Waals surface area (Å²) < 4.78 is 7.56. The van der Waals surface area contributed by atoms with Gasteiger partial charge in [-0.15, -0.1) is 0 Å². The molecule has 0 aliphatic rings. The Hall–Kier alpha value is -7.05. The van der Waals surface area contributed by atoms with Crippen molar-refractivity contribution in [2.45, 2.75) is 0 Å². The van der Waals surface area contributed by atoms with Crippen LogP contribution in [0, 0.1) is 0 Å². The molecule has 4 nitrogen and oxygen atoms in total. The second kappa shape index (κ2) is 17.8. The summed E-state index contributed by atoms with van der Waals surface area (Å²) >= 11 is 11.1. The van der Waals surface area contributed by atoms with Crippen molar-refractivity contribution in [3.63, 3.8) is 0 Å². The molecule has 0 aliphatic carbocycles. The minimum absolute atomic E-state index is 0.531. The molecule has 6 heteroatoms. The van der Waals surface area contributed by atoms with Crippen LogP contribution < -0.4 is 19.4 Å². The van der Waals surface area contributed by atoms with Crippen molar-refractivity contribution < 1.29 is 4.74 Å². The van der Waals surface area contributed by atoms with Crippen LogP contribution in [0.15, 0.2) is 241 Å². The molecule has 0 aromatic heterocycles. The Morgan fingerprint density at radius 3 is 1.30 bits per heavy atom. The molecule has 0 aliphatic heterocycles. The molecule has 9 aromatic carbocycles. The first-order valence-electron chi connectivity index (χ1n) is 19.7. The lowest BCUT2D eigenvalue weighted by Gasteiger charge is -2.31. The molecule has 0 heterocycles. The molecule has 60 heavy (non-hydrogen) atoms. The molecule has 0 N–H and O–H groups in total. The summed E-state index contributed by atoms with van der Waals surface area (Å²) in [6.45, 7) is 0. The van der Waals surface area contributed by atoms with Gasteiger partial charge >= 0.3 is 0 Å². The van der Waals surface area contributed by atoms with Gasteiger partial charge < -0.3 is 19.4 Å². The average molecular weight is 861 g/mol. The van der Waals surface area contributed by atoms with Crippen molar-refractivity contribution in [3.05, 3.63) is 246 Å². The summed E-state index contributed by atoms with van der Waals surface area (Å²) in [5, 5.41) is 0.531. The summed E-state index contributed by atoms with van der Waals surface area (Å²) in [4.78, 5) is 6.74. The van der Waals surface area contributed by atoms with Gasteiger partial charge in [0.1, 0.15) is 11.5 Å². The predicted octanol–water partition coefficient (Wildman–Crippen LogP) is 17.0. The fraction of sp³-hybridized carbons (Fsp3) is 0. The number of benzene rings is 9. The second-order valence-electron chi connectivity index (χ2n) is 14.1. The molecule has 0 spiro atoms. The van der Waals surface area contributed by atoms with E-state index in [1.807, 2.05) is 54.6 Å². The van der Waals surface area contributed by atoms with Crippen LogP contribution in [-0.2, 0) is 0 Å². The average Bonchev–Trinajstić information content (AvgIpc) is 3.30. The van der Waals surface area contributed by atoms with Crippen molar-refractivity contribution >= 4 is 78.7 Å². The number of para-hydroxylation sites is 5. The van der Waals surface area contributed by atoms with E-state index in [2.05, 4.69) is 213 Å². The third-order valence-electron chi connectivity index (χ3n) is 10.2. The van der Waals surface area contributed by atoms with Gasteiger partial charge in [-0.3, -0.25) is 0 Å². The minimum Gasteiger partial charge on any atom is -0.456 e.